The lowest BCUT2D eigenvalue weighted by atomic mass is 9.96. The Morgan fingerprint density at radius 1 is 1.25 bits per heavy atom. The molecule has 8 heteroatoms. The molecule has 144 valence electrons. The van der Waals surface area contributed by atoms with Gasteiger partial charge in [0.25, 0.3) is 0 Å². The molecule has 0 radical (unpaired) electrons. The number of anilines is 1. The van der Waals surface area contributed by atoms with Crippen molar-refractivity contribution >= 4 is 34.4 Å². The summed E-state index contributed by atoms with van der Waals surface area (Å²) in [4.78, 5) is 27.6. The van der Waals surface area contributed by atoms with Crippen LogP contribution in [0, 0.1) is 11.7 Å². The third kappa shape index (κ3) is 4.04. The average Bonchev–Trinajstić information content (AvgIpc) is 2.74. The van der Waals surface area contributed by atoms with Crippen LogP contribution in [0.4, 0.5) is 10.1 Å². The molecule has 1 atom stereocenters. The summed E-state index contributed by atoms with van der Waals surface area (Å²) in [5.41, 5.74) is 3.05. The highest BCUT2D eigenvalue weighted by Crippen LogP contribution is 2.24. The van der Waals surface area contributed by atoms with E-state index in [0.29, 0.717) is 18.7 Å². The third-order valence-electron chi connectivity index (χ3n) is 4.92. The molecule has 3 aromatic rings. The number of aromatic nitrogens is 3. The molecule has 2 aromatic heterocycles. The van der Waals surface area contributed by atoms with Crippen molar-refractivity contribution in [1.29, 1.82) is 0 Å². The van der Waals surface area contributed by atoms with Crippen molar-refractivity contribution in [3.8, 4) is 0 Å². The van der Waals surface area contributed by atoms with Crippen molar-refractivity contribution in [2.75, 3.05) is 18.0 Å². The van der Waals surface area contributed by atoms with Crippen LogP contribution in [0.15, 0.2) is 42.9 Å². The molecule has 0 saturated carbocycles. The summed E-state index contributed by atoms with van der Waals surface area (Å²) >= 11 is 5.80. The molecule has 1 aromatic carbocycles. The summed E-state index contributed by atoms with van der Waals surface area (Å²) in [5.74, 6) is -0.603. The van der Waals surface area contributed by atoms with E-state index < -0.39 is 5.82 Å². The summed E-state index contributed by atoms with van der Waals surface area (Å²) in [7, 11) is 0. The molecule has 1 N–H and O–H groups in total. The number of halogens is 2. The number of amides is 1. The van der Waals surface area contributed by atoms with Gasteiger partial charge < -0.3 is 10.2 Å². The second kappa shape index (κ2) is 8.06. The maximum atomic E-state index is 13.3. The van der Waals surface area contributed by atoms with Gasteiger partial charge >= 0.3 is 0 Å². The minimum absolute atomic E-state index is 0.0151. The number of hydrogen-bond donors (Lipinski definition) is 1. The molecule has 6 nitrogen and oxygen atoms in total. The third-order valence-corrected chi connectivity index (χ3v) is 5.21. The van der Waals surface area contributed by atoms with Crippen LogP contribution in [0.2, 0.25) is 5.02 Å². The van der Waals surface area contributed by atoms with Crippen LogP contribution >= 0.6 is 11.6 Å². The number of fused-ring (bicyclic) bond motifs is 1. The lowest BCUT2D eigenvalue weighted by Gasteiger charge is -2.33. The number of nitrogens with one attached hydrogen (secondary N) is 1. The van der Waals surface area contributed by atoms with Gasteiger partial charge in [0.2, 0.25) is 5.91 Å². The molecule has 1 aliphatic rings. The zero-order chi connectivity index (χ0) is 19.5. The Labute approximate surface area is 166 Å². The second-order valence-electron chi connectivity index (χ2n) is 6.84. The second-order valence-corrected chi connectivity index (χ2v) is 7.25. The van der Waals surface area contributed by atoms with E-state index in [-0.39, 0.29) is 16.8 Å². The van der Waals surface area contributed by atoms with Gasteiger partial charge in [-0.15, -0.1) is 0 Å². The summed E-state index contributed by atoms with van der Waals surface area (Å²) in [6.45, 7) is 1.80. The quantitative estimate of drug-likeness (QED) is 0.728. The lowest BCUT2D eigenvalue weighted by Crippen LogP contribution is -2.43. The van der Waals surface area contributed by atoms with Crippen molar-refractivity contribution in [3.63, 3.8) is 0 Å². The van der Waals surface area contributed by atoms with Crippen molar-refractivity contribution in [2.45, 2.75) is 19.4 Å². The van der Waals surface area contributed by atoms with Crippen molar-refractivity contribution < 1.29 is 9.18 Å². The summed E-state index contributed by atoms with van der Waals surface area (Å²) < 4.78 is 13.3. The topological polar surface area (TPSA) is 71.0 Å². The zero-order valence-electron chi connectivity index (χ0n) is 15.1. The summed E-state index contributed by atoms with van der Waals surface area (Å²) in [5, 5.41) is 2.99. The van der Waals surface area contributed by atoms with Gasteiger partial charge in [-0.3, -0.25) is 9.78 Å². The Morgan fingerprint density at radius 3 is 2.96 bits per heavy atom. The van der Waals surface area contributed by atoms with Crippen LogP contribution < -0.4 is 10.2 Å². The van der Waals surface area contributed by atoms with E-state index in [2.05, 4.69) is 25.2 Å². The minimum atomic E-state index is -0.464. The van der Waals surface area contributed by atoms with Crippen LogP contribution in [-0.4, -0.2) is 33.9 Å². The van der Waals surface area contributed by atoms with Crippen LogP contribution in [-0.2, 0) is 11.3 Å². The molecule has 1 aliphatic heterocycles. The van der Waals surface area contributed by atoms with Crippen LogP contribution in [0.25, 0.3) is 11.2 Å². The fraction of sp³-hybridized carbons (Fsp3) is 0.300. The van der Waals surface area contributed by atoms with Gasteiger partial charge in [-0.25, -0.2) is 14.4 Å². The first kappa shape index (κ1) is 18.6. The Hall–Kier alpha value is -2.80. The normalized spacial score (nSPS) is 16.9. The highest BCUT2D eigenvalue weighted by Gasteiger charge is 2.26. The van der Waals surface area contributed by atoms with E-state index in [1.54, 1.807) is 24.7 Å². The zero-order valence-corrected chi connectivity index (χ0v) is 15.9. The van der Waals surface area contributed by atoms with Crippen LogP contribution in [0.3, 0.4) is 0 Å². The maximum Gasteiger partial charge on any atom is 0.225 e. The van der Waals surface area contributed by atoms with Crippen molar-refractivity contribution in [2.24, 2.45) is 5.92 Å². The highest BCUT2D eigenvalue weighted by atomic mass is 35.5. The van der Waals surface area contributed by atoms with E-state index in [4.69, 9.17) is 11.6 Å². The molecule has 1 amide bonds. The molecular formula is C20H19ClFN5O. The number of carbonyl (C=O) groups is 1. The maximum absolute atomic E-state index is 13.3. The summed E-state index contributed by atoms with van der Waals surface area (Å²) in [6, 6.07) is 6.42. The molecule has 3 heterocycles. The molecule has 1 unspecified atom stereocenters. The first-order valence-electron chi connectivity index (χ1n) is 9.13. The number of carbonyl (C=O) groups excluding carboxylic acids is 1. The van der Waals surface area contributed by atoms with Gasteiger partial charge in [0.05, 0.1) is 22.8 Å². The lowest BCUT2D eigenvalue weighted by molar-refractivity contribution is -0.125. The largest absolute Gasteiger partial charge is 0.369 e. The van der Waals surface area contributed by atoms with E-state index in [1.807, 2.05) is 6.07 Å². The highest BCUT2D eigenvalue weighted by molar-refractivity contribution is 6.30. The summed E-state index contributed by atoms with van der Waals surface area (Å²) in [6.07, 6.45) is 6.77. The van der Waals surface area contributed by atoms with Crippen LogP contribution in [0.5, 0.6) is 0 Å². The first-order chi connectivity index (χ1) is 13.6. The number of rotatable bonds is 4. The molecule has 0 bridgehead atoms. The molecule has 1 fully saturated rings. The van der Waals surface area contributed by atoms with Crippen LogP contribution in [0.1, 0.15) is 18.4 Å². The van der Waals surface area contributed by atoms with Gasteiger partial charge in [0.1, 0.15) is 11.3 Å². The Morgan fingerprint density at radius 2 is 2.11 bits per heavy atom. The molecular weight excluding hydrogens is 381 g/mol. The Bertz CT molecular complexity index is 1010. The fourth-order valence-electron chi connectivity index (χ4n) is 3.43. The Balaban J connectivity index is 1.40. The Kier molecular flexibility index (Phi) is 5.34. The SMILES string of the molecule is O=C(NCc1ccc(F)c(Cl)c1)C1CCCN(c2cnc3nccnc3c2)C1. The number of pyridine rings is 1. The molecule has 1 saturated heterocycles. The smallest absolute Gasteiger partial charge is 0.225 e. The van der Waals surface area contributed by atoms with Gasteiger partial charge in [-0.2, -0.15) is 0 Å². The molecule has 4 rings (SSSR count). The number of hydrogen-bond acceptors (Lipinski definition) is 5. The van der Waals surface area contributed by atoms with Gasteiger partial charge in [-0.1, -0.05) is 17.7 Å². The standard InChI is InChI=1S/C20H19ClFN5O/c21-16-8-13(3-4-17(16)22)10-26-20(28)14-2-1-7-27(12-14)15-9-18-19(25-11-15)24-6-5-23-18/h3-6,8-9,11,14H,1-2,7,10,12H2,(H,26,28). The number of piperidine rings is 1. The molecule has 0 spiro atoms. The van der Waals surface area contributed by atoms with Gasteiger partial charge in [0, 0.05) is 32.0 Å². The minimum Gasteiger partial charge on any atom is -0.369 e. The van der Waals surface area contributed by atoms with E-state index in [1.165, 1.54) is 12.1 Å². The van der Waals surface area contributed by atoms with Crippen molar-refractivity contribution in [1.82, 2.24) is 20.3 Å². The monoisotopic (exact) mass is 399 g/mol. The average molecular weight is 400 g/mol. The predicted molar refractivity (Wildman–Crippen MR) is 106 cm³/mol. The predicted octanol–water partition coefficient (Wildman–Crippen LogP) is 3.35. The molecule has 28 heavy (non-hydrogen) atoms. The number of benzene rings is 1. The van der Waals surface area contributed by atoms with Gasteiger partial charge in [0.15, 0.2) is 5.65 Å². The van der Waals surface area contributed by atoms with E-state index in [9.17, 15) is 9.18 Å². The molecule has 0 aliphatic carbocycles. The van der Waals surface area contributed by atoms with E-state index in [0.717, 1.165) is 36.2 Å². The van der Waals surface area contributed by atoms with Gasteiger partial charge in [-0.05, 0) is 36.6 Å². The first-order valence-corrected chi connectivity index (χ1v) is 9.51. The van der Waals surface area contributed by atoms with Crippen molar-refractivity contribution in [3.05, 3.63) is 59.3 Å². The number of nitrogens with zero attached hydrogens (tertiary/aromatic N) is 4. The van der Waals surface area contributed by atoms with E-state index >= 15 is 0 Å². The fourth-order valence-corrected chi connectivity index (χ4v) is 3.63.